The predicted molar refractivity (Wildman–Crippen MR) is 191 cm³/mol. The fraction of sp³-hybridized carbons (Fsp3) is 0.0286. The zero-order valence-corrected chi connectivity index (χ0v) is 29.2. The van der Waals surface area contributed by atoms with E-state index in [2.05, 4.69) is 20.5 Å². The summed E-state index contributed by atoms with van der Waals surface area (Å²) in [5, 5.41) is 27.0. The molecule has 0 atom stereocenters. The van der Waals surface area contributed by atoms with Crippen LogP contribution < -0.4 is 4.18 Å². The third-order valence-corrected chi connectivity index (χ3v) is 10.5. The molecule has 0 spiro atoms. The van der Waals surface area contributed by atoms with E-state index in [0.717, 1.165) is 41.0 Å². The maximum atomic E-state index is 12.5. The lowest BCUT2D eigenvalue weighted by Crippen LogP contribution is -2.09. The summed E-state index contributed by atoms with van der Waals surface area (Å²) in [7, 11) is -13.6. The molecular formula is C35H26N4O10S3. The Balaban J connectivity index is 1.14. The minimum atomic E-state index is -4.95. The molecule has 3 N–H and O–H groups in total. The smallest absolute Gasteiger partial charge is 0.339 e. The molecule has 0 fully saturated rings. The normalized spacial score (nSPS) is 12.5. The number of benzene rings is 6. The van der Waals surface area contributed by atoms with Crippen LogP contribution in [-0.4, -0.2) is 39.5 Å². The molecule has 0 aliphatic heterocycles. The topological polar surface area (TPSA) is 222 Å². The van der Waals surface area contributed by atoms with Crippen molar-refractivity contribution in [2.45, 2.75) is 21.6 Å². The molecule has 0 heterocycles. The Kier molecular flexibility index (Phi) is 9.71. The molecule has 14 nitrogen and oxygen atoms in total. The van der Waals surface area contributed by atoms with Gasteiger partial charge in [-0.05, 0) is 108 Å². The van der Waals surface area contributed by atoms with E-state index < -0.39 is 51.6 Å². The van der Waals surface area contributed by atoms with Gasteiger partial charge in [-0.3, -0.25) is 9.11 Å². The van der Waals surface area contributed by atoms with E-state index in [1.54, 1.807) is 60.7 Å². The van der Waals surface area contributed by atoms with Crippen LogP contribution in [0.15, 0.2) is 156 Å². The zero-order valence-electron chi connectivity index (χ0n) is 26.8. The Labute approximate surface area is 298 Å². The van der Waals surface area contributed by atoms with E-state index in [1.807, 2.05) is 19.1 Å². The summed E-state index contributed by atoms with van der Waals surface area (Å²) >= 11 is 0. The lowest BCUT2D eigenvalue weighted by molar-refractivity contribution is 0.472. The number of hydrogen-bond donors (Lipinski definition) is 3. The van der Waals surface area contributed by atoms with Gasteiger partial charge in [-0.15, -0.1) is 5.11 Å². The second kappa shape index (κ2) is 14.0. The van der Waals surface area contributed by atoms with Crippen molar-refractivity contribution in [1.29, 1.82) is 0 Å². The first-order valence-corrected chi connectivity index (χ1v) is 19.3. The lowest BCUT2D eigenvalue weighted by Gasteiger charge is -2.09. The van der Waals surface area contributed by atoms with Crippen LogP contribution in [0.25, 0.3) is 21.9 Å². The van der Waals surface area contributed by atoms with E-state index in [-0.39, 0.29) is 27.1 Å². The van der Waals surface area contributed by atoms with Crippen molar-refractivity contribution in [3.63, 3.8) is 0 Å². The van der Waals surface area contributed by atoms with Gasteiger partial charge in [0.15, 0.2) is 5.75 Å². The molecular weight excluding hydrogens is 733 g/mol. The molecule has 0 amide bonds. The first-order chi connectivity index (χ1) is 24.6. The van der Waals surface area contributed by atoms with Crippen molar-refractivity contribution in [3.8, 4) is 22.6 Å². The van der Waals surface area contributed by atoms with Crippen LogP contribution in [0.3, 0.4) is 0 Å². The van der Waals surface area contributed by atoms with Gasteiger partial charge in [-0.1, -0.05) is 42.0 Å². The number of hydrogen-bond acceptors (Lipinski definition) is 12. The van der Waals surface area contributed by atoms with Crippen molar-refractivity contribution >= 4 is 63.9 Å². The molecule has 6 rings (SSSR count). The van der Waals surface area contributed by atoms with Crippen LogP contribution in [0.1, 0.15) is 5.56 Å². The average Bonchev–Trinajstić information content (AvgIpc) is 3.10. The number of aryl methyl sites for hydroxylation is 1. The van der Waals surface area contributed by atoms with E-state index in [9.17, 15) is 39.5 Å². The molecule has 0 saturated carbocycles. The van der Waals surface area contributed by atoms with E-state index >= 15 is 0 Å². The summed E-state index contributed by atoms with van der Waals surface area (Å²) in [6, 6.07) is 30.2. The fourth-order valence-electron chi connectivity index (χ4n) is 4.90. The monoisotopic (exact) mass is 758 g/mol. The molecule has 0 aliphatic carbocycles. The molecule has 52 heavy (non-hydrogen) atoms. The number of phenols is 1. The highest BCUT2D eigenvalue weighted by Crippen LogP contribution is 2.42. The van der Waals surface area contributed by atoms with E-state index in [0.29, 0.717) is 11.4 Å². The van der Waals surface area contributed by atoms with Gasteiger partial charge in [0.05, 0.1) is 22.0 Å². The molecule has 17 heteroatoms. The number of aromatic hydroxyl groups is 1. The van der Waals surface area contributed by atoms with E-state index in [4.69, 9.17) is 4.18 Å². The maximum Gasteiger partial charge on any atom is 0.339 e. The highest BCUT2D eigenvalue weighted by molar-refractivity contribution is 7.87. The minimum Gasteiger partial charge on any atom is -0.505 e. The van der Waals surface area contributed by atoms with E-state index in [1.165, 1.54) is 24.3 Å². The molecule has 0 saturated heterocycles. The second-order valence-electron chi connectivity index (χ2n) is 11.2. The Morgan fingerprint density at radius 2 is 1.02 bits per heavy atom. The fourth-order valence-corrected chi connectivity index (χ4v) is 7.00. The molecule has 0 bridgehead atoms. The van der Waals surface area contributed by atoms with Gasteiger partial charge in [0.25, 0.3) is 20.2 Å². The summed E-state index contributed by atoms with van der Waals surface area (Å²) in [4.78, 5) is -1.32. The predicted octanol–water partition coefficient (Wildman–Crippen LogP) is 8.61. The third-order valence-electron chi connectivity index (χ3n) is 7.56. The van der Waals surface area contributed by atoms with Gasteiger partial charge in [-0.2, -0.15) is 40.6 Å². The SMILES string of the molecule is Cc1ccc(S(=O)(=O)Oc2ccc(N=Nc3ccc(-c4ccc(N=Nc5c(S(=O)(=O)O)cc6cc(S(=O)(=O)O)ccc6c5O)cc4)cc3)cc2)cc1. The van der Waals surface area contributed by atoms with Crippen LogP contribution in [-0.2, 0) is 30.4 Å². The van der Waals surface area contributed by atoms with Crippen LogP contribution in [0.5, 0.6) is 11.5 Å². The largest absolute Gasteiger partial charge is 0.505 e. The quantitative estimate of drug-likeness (QED) is 0.0685. The van der Waals surface area contributed by atoms with Crippen molar-refractivity contribution < 1.29 is 43.6 Å². The molecule has 6 aromatic rings. The number of nitrogens with zero attached hydrogens (tertiary/aromatic N) is 4. The third kappa shape index (κ3) is 8.20. The van der Waals surface area contributed by atoms with Crippen molar-refractivity contribution in [2.24, 2.45) is 20.5 Å². The van der Waals surface area contributed by atoms with Gasteiger partial charge in [0.2, 0.25) is 0 Å². The first-order valence-electron chi connectivity index (χ1n) is 15.0. The zero-order chi connectivity index (χ0) is 37.3. The molecule has 264 valence electrons. The number of azo groups is 2. The summed E-state index contributed by atoms with van der Waals surface area (Å²) in [6.07, 6.45) is 0. The molecule has 0 aliphatic rings. The molecule has 0 aromatic heterocycles. The van der Waals surface area contributed by atoms with Gasteiger partial charge in [-0.25, -0.2) is 0 Å². The van der Waals surface area contributed by atoms with Crippen LogP contribution in [0.2, 0.25) is 0 Å². The van der Waals surface area contributed by atoms with Crippen LogP contribution in [0, 0.1) is 6.92 Å². The lowest BCUT2D eigenvalue weighted by atomic mass is 10.1. The van der Waals surface area contributed by atoms with Crippen molar-refractivity contribution in [1.82, 2.24) is 0 Å². The molecule has 0 unspecified atom stereocenters. The number of rotatable bonds is 10. The maximum absolute atomic E-state index is 12.5. The van der Waals surface area contributed by atoms with Crippen molar-refractivity contribution in [3.05, 3.63) is 127 Å². The standard InChI is InChI=1S/C35H26N4O10S3/c1-22-2-16-30(17-3-22)52(47,48)49-29-14-12-28(13-15-29)37-36-26-8-4-23(5-9-26)24-6-10-27(11-7-24)38-39-34-33(51(44,45)46)21-25-20-31(50(41,42)43)18-19-32(25)35(34)40/h2-21,40H,1H3,(H,41,42,43)(H,44,45,46). The highest BCUT2D eigenvalue weighted by Gasteiger charge is 2.23. The summed E-state index contributed by atoms with van der Waals surface area (Å²) < 4.78 is 96.7. The number of fused-ring (bicyclic) bond motifs is 1. The summed E-state index contributed by atoms with van der Waals surface area (Å²) in [5.41, 5.74) is 3.27. The van der Waals surface area contributed by atoms with Gasteiger partial charge in [0.1, 0.15) is 21.2 Å². The van der Waals surface area contributed by atoms with Crippen LogP contribution in [0.4, 0.5) is 22.7 Å². The Bertz CT molecular complexity index is 2700. The summed E-state index contributed by atoms with van der Waals surface area (Å²) in [6.45, 7) is 1.85. The molecule has 0 radical (unpaired) electrons. The Hall–Kier alpha value is -5.85. The van der Waals surface area contributed by atoms with Gasteiger partial charge >= 0.3 is 10.1 Å². The minimum absolute atomic E-state index is 0.00165. The Morgan fingerprint density at radius 3 is 1.52 bits per heavy atom. The second-order valence-corrected chi connectivity index (χ2v) is 15.6. The van der Waals surface area contributed by atoms with Crippen molar-refractivity contribution in [2.75, 3.05) is 0 Å². The first kappa shape index (κ1) is 36.0. The summed E-state index contributed by atoms with van der Waals surface area (Å²) in [5.74, 6) is -0.551. The van der Waals surface area contributed by atoms with Gasteiger partial charge in [0, 0.05) is 5.39 Å². The highest BCUT2D eigenvalue weighted by atomic mass is 32.2. The molecule has 6 aromatic carbocycles. The van der Waals surface area contributed by atoms with Gasteiger partial charge < -0.3 is 9.29 Å². The average molecular weight is 759 g/mol. The van der Waals surface area contributed by atoms with Crippen LogP contribution >= 0.6 is 0 Å². The Morgan fingerprint density at radius 1 is 0.538 bits per heavy atom. The number of phenolic OH excluding ortho intramolecular Hbond substituents is 1.